The standard InChI is InChI=1S/C31H29F5N6O4S/c1-6-26(43)40-12-13-41(17(2)16-40)29-20-14-23(33)19(27-21(31(34,35)36)8-7-9-22(27)32)15-25(20)42(30(44)38-29)28-18(3)37-11-10-24(28)39(4)47(5,45)46/h6-11,14-15,17H,1,12-13,16H2,2-5H3/t17-/m0/s1. The maximum Gasteiger partial charge on any atom is 0.417 e. The van der Waals surface area contributed by atoms with E-state index in [1.807, 2.05) is 0 Å². The summed E-state index contributed by atoms with van der Waals surface area (Å²) in [6, 6.07) is 4.87. The molecule has 47 heavy (non-hydrogen) atoms. The highest BCUT2D eigenvalue weighted by molar-refractivity contribution is 7.92. The van der Waals surface area contributed by atoms with E-state index in [2.05, 4.69) is 16.5 Å². The molecule has 0 aliphatic carbocycles. The number of hydrogen-bond donors (Lipinski definition) is 0. The first-order valence-corrected chi connectivity index (χ1v) is 16.0. The summed E-state index contributed by atoms with van der Waals surface area (Å²) < 4.78 is 100. The number of benzene rings is 2. The summed E-state index contributed by atoms with van der Waals surface area (Å²) in [5, 5.41) is -0.0395. The number of hydrogen-bond acceptors (Lipinski definition) is 7. The van der Waals surface area contributed by atoms with Gasteiger partial charge < -0.3 is 9.80 Å². The monoisotopic (exact) mass is 676 g/mol. The van der Waals surface area contributed by atoms with Crippen LogP contribution in [0.15, 0.2) is 60.0 Å². The van der Waals surface area contributed by atoms with Crippen molar-refractivity contribution >= 4 is 38.3 Å². The lowest BCUT2D eigenvalue weighted by Crippen LogP contribution is -2.54. The van der Waals surface area contributed by atoms with Crippen LogP contribution < -0.4 is 14.9 Å². The average molecular weight is 677 g/mol. The Morgan fingerprint density at radius 2 is 1.83 bits per heavy atom. The first kappa shape index (κ1) is 33.5. The van der Waals surface area contributed by atoms with Crippen molar-refractivity contribution < 1.29 is 35.2 Å². The van der Waals surface area contributed by atoms with Crippen LogP contribution in [0.5, 0.6) is 0 Å². The fourth-order valence-corrected chi connectivity index (χ4v) is 6.25. The van der Waals surface area contributed by atoms with Gasteiger partial charge in [-0.2, -0.15) is 18.2 Å². The number of amides is 1. The fourth-order valence-electron chi connectivity index (χ4n) is 5.75. The maximum atomic E-state index is 16.1. The molecule has 0 radical (unpaired) electrons. The van der Waals surface area contributed by atoms with Crippen molar-refractivity contribution in [3.8, 4) is 16.8 Å². The van der Waals surface area contributed by atoms with Gasteiger partial charge in [0.2, 0.25) is 15.9 Å². The number of nitrogens with zero attached hydrogens (tertiary/aromatic N) is 6. The largest absolute Gasteiger partial charge is 0.417 e. The van der Waals surface area contributed by atoms with Gasteiger partial charge in [-0.05, 0) is 50.3 Å². The maximum absolute atomic E-state index is 16.1. The third-order valence-corrected chi connectivity index (χ3v) is 9.27. The predicted molar refractivity (Wildman–Crippen MR) is 167 cm³/mol. The molecule has 1 atom stereocenters. The molecule has 4 aromatic rings. The van der Waals surface area contributed by atoms with Gasteiger partial charge in [-0.1, -0.05) is 12.6 Å². The lowest BCUT2D eigenvalue weighted by molar-refractivity contribution is -0.137. The van der Waals surface area contributed by atoms with E-state index in [-0.39, 0.29) is 59.3 Å². The molecule has 2 aromatic carbocycles. The molecule has 248 valence electrons. The minimum Gasteiger partial charge on any atom is -0.350 e. The first-order chi connectivity index (χ1) is 21.9. The van der Waals surface area contributed by atoms with Crippen molar-refractivity contribution in [1.29, 1.82) is 0 Å². The van der Waals surface area contributed by atoms with E-state index in [4.69, 9.17) is 0 Å². The van der Waals surface area contributed by atoms with E-state index in [0.717, 1.165) is 45.5 Å². The van der Waals surface area contributed by atoms with E-state index in [9.17, 15) is 31.2 Å². The summed E-state index contributed by atoms with van der Waals surface area (Å²) in [7, 11) is -2.68. The Balaban J connectivity index is 1.89. The summed E-state index contributed by atoms with van der Waals surface area (Å²) in [5.41, 5.74) is -4.48. The zero-order valence-corrected chi connectivity index (χ0v) is 26.5. The first-order valence-electron chi connectivity index (χ1n) is 14.2. The van der Waals surface area contributed by atoms with E-state index in [1.54, 1.807) is 11.8 Å². The number of aryl methyl sites for hydroxylation is 1. The van der Waals surface area contributed by atoms with Crippen molar-refractivity contribution in [3.63, 3.8) is 0 Å². The number of fused-ring (bicyclic) bond motifs is 1. The molecule has 5 rings (SSSR count). The Kier molecular flexibility index (Phi) is 8.60. The molecule has 3 heterocycles. The van der Waals surface area contributed by atoms with Crippen molar-refractivity contribution in [2.24, 2.45) is 0 Å². The molecule has 1 aliphatic rings. The second-order valence-corrected chi connectivity index (χ2v) is 13.1. The number of pyridine rings is 1. The summed E-state index contributed by atoms with van der Waals surface area (Å²) in [6.45, 7) is 7.24. The van der Waals surface area contributed by atoms with Gasteiger partial charge in [0.1, 0.15) is 17.5 Å². The van der Waals surface area contributed by atoms with E-state index in [1.165, 1.54) is 31.1 Å². The van der Waals surface area contributed by atoms with Crippen LogP contribution in [-0.2, 0) is 21.0 Å². The Morgan fingerprint density at radius 1 is 1.13 bits per heavy atom. The van der Waals surface area contributed by atoms with Crippen LogP contribution in [0.4, 0.5) is 33.5 Å². The second kappa shape index (κ2) is 12.1. The van der Waals surface area contributed by atoms with E-state index < -0.39 is 56.3 Å². The van der Waals surface area contributed by atoms with Gasteiger partial charge in [0.25, 0.3) is 0 Å². The number of alkyl halides is 3. The molecule has 0 unspecified atom stereocenters. The summed E-state index contributed by atoms with van der Waals surface area (Å²) in [5.74, 6) is -2.94. The molecule has 0 saturated carbocycles. The van der Waals surface area contributed by atoms with Crippen LogP contribution in [-0.4, -0.2) is 72.7 Å². The number of piperazine rings is 1. The molecule has 0 N–H and O–H groups in total. The second-order valence-electron chi connectivity index (χ2n) is 11.1. The van der Waals surface area contributed by atoms with Crippen LogP contribution in [0, 0.1) is 18.6 Å². The van der Waals surface area contributed by atoms with Crippen molar-refractivity contribution in [1.82, 2.24) is 19.4 Å². The van der Waals surface area contributed by atoms with Crippen molar-refractivity contribution in [2.45, 2.75) is 26.1 Å². The van der Waals surface area contributed by atoms with Gasteiger partial charge in [0.05, 0.1) is 34.4 Å². The number of anilines is 2. The zero-order chi connectivity index (χ0) is 34.6. The van der Waals surface area contributed by atoms with Gasteiger partial charge in [0.15, 0.2) is 0 Å². The molecule has 1 saturated heterocycles. The molecule has 16 heteroatoms. The molecule has 0 bridgehead atoms. The summed E-state index contributed by atoms with van der Waals surface area (Å²) in [4.78, 5) is 37.9. The molecular formula is C31H29F5N6O4S. The van der Waals surface area contributed by atoms with Gasteiger partial charge in [-0.3, -0.25) is 18.7 Å². The quantitative estimate of drug-likeness (QED) is 0.216. The van der Waals surface area contributed by atoms with Crippen molar-refractivity contribution in [3.05, 3.63) is 88.6 Å². The lowest BCUT2D eigenvalue weighted by atomic mass is 9.96. The van der Waals surface area contributed by atoms with Gasteiger partial charge in [-0.15, -0.1) is 0 Å². The number of carbonyl (C=O) groups is 1. The molecular weight excluding hydrogens is 647 g/mol. The highest BCUT2D eigenvalue weighted by Crippen LogP contribution is 2.42. The average Bonchev–Trinajstić information content (AvgIpc) is 2.99. The number of sulfonamides is 1. The van der Waals surface area contributed by atoms with Gasteiger partial charge >= 0.3 is 11.9 Å². The van der Waals surface area contributed by atoms with E-state index >= 15 is 8.78 Å². The highest BCUT2D eigenvalue weighted by atomic mass is 32.2. The Labute approximate surface area is 266 Å². The van der Waals surface area contributed by atoms with Crippen LogP contribution >= 0.6 is 0 Å². The smallest absolute Gasteiger partial charge is 0.350 e. The van der Waals surface area contributed by atoms with Gasteiger partial charge in [0, 0.05) is 55.4 Å². The Bertz CT molecular complexity index is 2100. The summed E-state index contributed by atoms with van der Waals surface area (Å²) >= 11 is 0. The molecule has 0 spiro atoms. The minimum absolute atomic E-state index is 0.0318. The van der Waals surface area contributed by atoms with Crippen LogP contribution in [0.1, 0.15) is 18.2 Å². The zero-order valence-electron chi connectivity index (χ0n) is 25.6. The molecule has 2 aromatic heterocycles. The molecule has 10 nitrogen and oxygen atoms in total. The third-order valence-electron chi connectivity index (χ3n) is 8.08. The Hall–Kier alpha value is -4.86. The van der Waals surface area contributed by atoms with Crippen LogP contribution in [0.3, 0.4) is 0 Å². The summed E-state index contributed by atoms with van der Waals surface area (Å²) in [6.07, 6.45) is -1.67. The molecule has 1 amide bonds. The molecule has 1 aliphatic heterocycles. The SMILES string of the molecule is C=CC(=O)N1CCN(c2nc(=O)n(-c3c(N(C)S(C)(=O)=O)ccnc3C)c3cc(-c4c(F)cccc4C(F)(F)F)c(F)cc23)[C@@H](C)C1. The van der Waals surface area contributed by atoms with Crippen LogP contribution in [0.2, 0.25) is 0 Å². The molecule has 1 fully saturated rings. The number of aromatic nitrogens is 3. The minimum atomic E-state index is -5.06. The Morgan fingerprint density at radius 3 is 2.45 bits per heavy atom. The van der Waals surface area contributed by atoms with Crippen molar-refractivity contribution in [2.75, 3.05) is 42.1 Å². The number of rotatable bonds is 6. The normalized spacial score (nSPS) is 15.6. The van der Waals surface area contributed by atoms with E-state index in [0.29, 0.717) is 6.07 Å². The number of carbonyl (C=O) groups excluding carboxylic acids is 1. The highest BCUT2D eigenvalue weighted by Gasteiger charge is 2.37. The fraction of sp³-hybridized carbons (Fsp3) is 0.290. The van der Waals surface area contributed by atoms with Crippen LogP contribution in [0.25, 0.3) is 27.7 Å². The lowest BCUT2D eigenvalue weighted by Gasteiger charge is -2.40. The topological polar surface area (TPSA) is 109 Å². The van der Waals surface area contributed by atoms with Gasteiger partial charge in [-0.25, -0.2) is 22.0 Å². The third kappa shape index (κ3) is 6.04. The predicted octanol–water partition coefficient (Wildman–Crippen LogP) is 4.67. The number of halogens is 5.